The Morgan fingerprint density at radius 1 is 1.12 bits per heavy atom. The molecular weight excluding hydrogens is 342 g/mol. The fourth-order valence-corrected chi connectivity index (χ4v) is 2.56. The topological polar surface area (TPSA) is 68.5 Å². The molecule has 0 atom stereocenters. The molecule has 1 aromatic heterocycles. The molecular formula is C19H16ClNO4. The summed E-state index contributed by atoms with van der Waals surface area (Å²) in [6, 6.07) is 12.9. The lowest BCUT2D eigenvalue weighted by Crippen LogP contribution is -2.15. The minimum Gasteiger partial charge on any atom is -0.490 e. The molecule has 0 spiro atoms. The summed E-state index contributed by atoms with van der Waals surface area (Å²) in [6.45, 7) is 3.76. The van der Waals surface area contributed by atoms with Crippen molar-refractivity contribution in [1.82, 2.24) is 0 Å². The number of anilines is 1. The van der Waals surface area contributed by atoms with Crippen LogP contribution in [-0.4, -0.2) is 12.0 Å². The molecule has 5 nitrogen and oxygen atoms in total. The van der Waals surface area contributed by atoms with Gasteiger partial charge in [-0.05, 0) is 56.3 Å². The van der Waals surface area contributed by atoms with Gasteiger partial charge in [-0.3, -0.25) is 4.79 Å². The second-order valence-electron chi connectivity index (χ2n) is 5.77. The first-order valence-corrected chi connectivity index (χ1v) is 8.11. The zero-order chi connectivity index (χ0) is 18.0. The SMILES string of the molecule is CC(C)Oc1ccc(Cl)cc1C(=O)Nc1ccc2oc(=O)ccc2c1. The molecule has 0 saturated heterocycles. The van der Waals surface area contributed by atoms with Gasteiger partial charge in [-0.15, -0.1) is 0 Å². The summed E-state index contributed by atoms with van der Waals surface area (Å²) < 4.78 is 10.8. The van der Waals surface area contributed by atoms with E-state index in [4.69, 9.17) is 20.8 Å². The number of benzene rings is 2. The lowest BCUT2D eigenvalue weighted by Gasteiger charge is -2.14. The third kappa shape index (κ3) is 4.00. The Labute approximate surface area is 149 Å². The average Bonchev–Trinajstić information content (AvgIpc) is 2.56. The van der Waals surface area contributed by atoms with Crippen molar-refractivity contribution >= 4 is 34.2 Å². The van der Waals surface area contributed by atoms with Crippen LogP contribution in [0.1, 0.15) is 24.2 Å². The second kappa shape index (κ2) is 6.99. The van der Waals surface area contributed by atoms with E-state index in [0.717, 1.165) is 0 Å². The Bertz CT molecular complexity index is 994. The molecule has 0 saturated carbocycles. The van der Waals surface area contributed by atoms with Gasteiger partial charge in [0.05, 0.1) is 11.7 Å². The maximum absolute atomic E-state index is 12.6. The van der Waals surface area contributed by atoms with E-state index < -0.39 is 5.63 Å². The lowest BCUT2D eigenvalue weighted by atomic mass is 10.1. The zero-order valence-corrected chi connectivity index (χ0v) is 14.5. The van der Waals surface area contributed by atoms with E-state index in [9.17, 15) is 9.59 Å². The molecule has 0 radical (unpaired) electrons. The molecule has 0 unspecified atom stereocenters. The highest BCUT2D eigenvalue weighted by Gasteiger charge is 2.15. The predicted octanol–water partition coefficient (Wildman–Crippen LogP) is 4.49. The number of amides is 1. The van der Waals surface area contributed by atoms with E-state index in [1.807, 2.05) is 13.8 Å². The van der Waals surface area contributed by atoms with E-state index in [2.05, 4.69) is 5.32 Å². The molecule has 2 aromatic carbocycles. The fraction of sp³-hybridized carbons (Fsp3) is 0.158. The molecule has 0 bridgehead atoms. The summed E-state index contributed by atoms with van der Waals surface area (Å²) in [4.78, 5) is 23.9. The number of carbonyl (C=O) groups excluding carboxylic acids is 1. The van der Waals surface area contributed by atoms with Gasteiger partial charge in [-0.2, -0.15) is 0 Å². The Morgan fingerprint density at radius 2 is 1.92 bits per heavy atom. The van der Waals surface area contributed by atoms with E-state index >= 15 is 0 Å². The van der Waals surface area contributed by atoms with E-state index in [0.29, 0.717) is 33.0 Å². The Balaban J connectivity index is 1.90. The van der Waals surface area contributed by atoms with Gasteiger partial charge in [-0.25, -0.2) is 4.79 Å². The van der Waals surface area contributed by atoms with Crippen LogP contribution in [0.2, 0.25) is 5.02 Å². The smallest absolute Gasteiger partial charge is 0.336 e. The maximum Gasteiger partial charge on any atom is 0.336 e. The van der Waals surface area contributed by atoms with Gasteiger partial charge in [0.1, 0.15) is 11.3 Å². The van der Waals surface area contributed by atoms with Gasteiger partial charge in [0, 0.05) is 22.2 Å². The third-order valence-corrected chi connectivity index (χ3v) is 3.66. The standard InChI is InChI=1S/C19H16ClNO4/c1-11(2)24-17-6-4-13(20)10-15(17)19(23)21-14-5-7-16-12(9-14)3-8-18(22)25-16/h3-11H,1-2H3,(H,21,23). The van der Waals surface area contributed by atoms with Crippen molar-refractivity contribution in [3.63, 3.8) is 0 Å². The number of ether oxygens (including phenoxy) is 1. The maximum atomic E-state index is 12.6. The number of fused-ring (bicyclic) bond motifs is 1. The van der Waals surface area contributed by atoms with Crippen molar-refractivity contribution in [3.8, 4) is 5.75 Å². The van der Waals surface area contributed by atoms with E-state index in [1.165, 1.54) is 6.07 Å². The first-order valence-electron chi connectivity index (χ1n) is 7.74. The molecule has 1 N–H and O–H groups in total. The summed E-state index contributed by atoms with van der Waals surface area (Å²) in [7, 11) is 0. The van der Waals surface area contributed by atoms with E-state index in [-0.39, 0.29) is 12.0 Å². The van der Waals surface area contributed by atoms with Gasteiger partial charge < -0.3 is 14.5 Å². The molecule has 0 aliphatic rings. The first kappa shape index (κ1) is 17.0. The Morgan fingerprint density at radius 3 is 2.68 bits per heavy atom. The minimum atomic E-state index is -0.418. The van der Waals surface area contributed by atoms with Crippen LogP contribution in [0.3, 0.4) is 0 Å². The number of hydrogen-bond acceptors (Lipinski definition) is 4. The lowest BCUT2D eigenvalue weighted by molar-refractivity contribution is 0.102. The van der Waals surface area contributed by atoms with Crippen LogP contribution in [0.25, 0.3) is 11.0 Å². The van der Waals surface area contributed by atoms with Gasteiger partial charge >= 0.3 is 5.63 Å². The first-order chi connectivity index (χ1) is 11.9. The number of rotatable bonds is 4. The molecule has 0 aliphatic heterocycles. The monoisotopic (exact) mass is 357 g/mol. The van der Waals surface area contributed by atoms with Crippen molar-refractivity contribution < 1.29 is 13.9 Å². The largest absolute Gasteiger partial charge is 0.490 e. The molecule has 1 amide bonds. The number of halogens is 1. The fourth-order valence-electron chi connectivity index (χ4n) is 2.38. The van der Waals surface area contributed by atoms with Crippen LogP contribution < -0.4 is 15.7 Å². The zero-order valence-electron chi connectivity index (χ0n) is 13.7. The van der Waals surface area contributed by atoms with Gasteiger partial charge in [-0.1, -0.05) is 11.6 Å². The minimum absolute atomic E-state index is 0.0729. The van der Waals surface area contributed by atoms with Crippen molar-refractivity contribution in [2.24, 2.45) is 0 Å². The molecule has 6 heteroatoms. The van der Waals surface area contributed by atoms with Crippen LogP contribution in [-0.2, 0) is 0 Å². The van der Waals surface area contributed by atoms with Crippen LogP contribution in [0.15, 0.2) is 57.7 Å². The number of hydrogen-bond donors (Lipinski definition) is 1. The van der Waals surface area contributed by atoms with Gasteiger partial charge in [0.2, 0.25) is 0 Å². The highest BCUT2D eigenvalue weighted by molar-refractivity contribution is 6.31. The quantitative estimate of drug-likeness (QED) is 0.699. The van der Waals surface area contributed by atoms with Gasteiger partial charge in [0.15, 0.2) is 0 Å². The predicted molar refractivity (Wildman–Crippen MR) is 97.7 cm³/mol. The van der Waals surface area contributed by atoms with Crippen LogP contribution in [0.5, 0.6) is 5.75 Å². The number of nitrogens with one attached hydrogen (secondary N) is 1. The van der Waals surface area contributed by atoms with Crippen LogP contribution in [0.4, 0.5) is 5.69 Å². The normalized spacial score (nSPS) is 10.9. The highest BCUT2D eigenvalue weighted by Crippen LogP contribution is 2.26. The molecule has 1 heterocycles. The highest BCUT2D eigenvalue weighted by atomic mass is 35.5. The van der Waals surface area contributed by atoms with Gasteiger partial charge in [0.25, 0.3) is 5.91 Å². The third-order valence-electron chi connectivity index (χ3n) is 3.43. The average molecular weight is 358 g/mol. The number of carbonyl (C=O) groups is 1. The van der Waals surface area contributed by atoms with Crippen LogP contribution >= 0.6 is 11.6 Å². The second-order valence-corrected chi connectivity index (χ2v) is 6.20. The molecule has 0 fully saturated rings. The van der Waals surface area contributed by atoms with Crippen molar-refractivity contribution in [3.05, 3.63) is 69.5 Å². The van der Waals surface area contributed by atoms with Crippen molar-refractivity contribution in [2.45, 2.75) is 20.0 Å². The van der Waals surface area contributed by atoms with Crippen molar-refractivity contribution in [1.29, 1.82) is 0 Å². The molecule has 128 valence electrons. The summed E-state index contributed by atoms with van der Waals surface area (Å²) in [5.74, 6) is 0.124. The molecule has 3 rings (SSSR count). The van der Waals surface area contributed by atoms with Crippen molar-refractivity contribution in [2.75, 3.05) is 5.32 Å². The summed E-state index contributed by atoms with van der Waals surface area (Å²) >= 11 is 6.02. The van der Waals surface area contributed by atoms with E-state index in [1.54, 1.807) is 42.5 Å². The summed E-state index contributed by atoms with van der Waals surface area (Å²) in [5, 5.41) is 3.96. The summed E-state index contributed by atoms with van der Waals surface area (Å²) in [5.41, 5.74) is 0.957. The van der Waals surface area contributed by atoms with Crippen LogP contribution in [0, 0.1) is 0 Å². The molecule has 0 aliphatic carbocycles. The molecule has 25 heavy (non-hydrogen) atoms. The summed E-state index contributed by atoms with van der Waals surface area (Å²) in [6.07, 6.45) is -0.0729. The Hall–Kier alpha value is -2.79. The molecule has 3 aromatic rings. The Kier molecular flexibility index (Phi) is 4.76.